The van der Waals surface area contributed by atoms with E-state index in [4.69, 9.17) is 5.26 Å². The molecular weight excluding hydrogens is 314 g/mol. The summed E-state index contributed by atoms with van der Waals surface area (Å²) in [5, 5.41) is 11.5. The fraction of sp³-hybridized carbons (Fsp3) is 0.0833. The van der Waals surface area contributed by atoms with Gasteiger partial charge in [-0.2, -0.15) is 5.26 Å². The molecule has 0 aliphatic heterocycles. The third-order valence-corrected chi connectivity index (χ3v) is 4.08. The molecule has 0 radical (unpaired) electrons. The second-order valence-electron chi connectivity index (χ2n) is 3.51. The van der Waals surface area contributed by atoms with Crippen LogP contribution < -0.4 is 4.90 Å². The largest absolute Gasteiger partial charge is 0.303 e. The Morgan fingerprint density at radius 3 is 2.94 bits per heavy atom. The molecule has 0 fully saturated rings. The number of thiophene rings is 1. The summed E-state index contributed by atoms with van der Waals surface area (Å²) in [7, 11) is 1.70. The quantitative estimate of drug-likeness (QED) is 0.854. The number of carbonyl (C=O) groups is 1. The van der Waals surface area contributed by atoms with Crippen molar-refractivity contribution in [3.05, 3.63) is 45.5 Å². The lowest BCUT2D eigenvalue weighted by molar-refractivity contribution is 0.0993. The summed E-state index contributed by atoms with van der Waals surface area (Å²) in [6, 6.07) is 6.88. The zero-order valence-corrected chi connectivity index (χ0v) is 11.8. The molecule has 0 aliphatic carbocycles. The molecule has 2 aromatic rings. The Labute approximate surface area is 117 Å². The number of anilines is 1. The van der Waals surface area contributed by atoms with Gasteiger partial charge in [-0.25, -0.2) is 4.98 Å². The summed E-state index contributed by atoms with van der Waals surface area (Å²) in [6.07, 6.45) is 1.46. The van der Waals surface area contributed by atoms with Crippen molar-refractivity contribution >= 4 is 38.2 Å². The maximum atomic E-state index is 12.2. The molecular formula is C12H8BrN3OS. The minimum absolute atomic E-state index is 0.164. The monoisotopic (exact) mass is 321 g/mol. The number of hydrogen-bond acceptors (Lipinski definition) is 4. The molecule has 4 nitrogen and oxygen atoms in total. The zero-order valence-electron chi connectivity index (χ0n) is 9.42. The molecule has 18 heavy (non-hydrogen) atoms. The molecule has 2 rings (SSSR count). The summed E-state index contributed by atoms with van der Waals surface area (Å²) >= 11 is 4.82. The van der Waals surface area contributed by atoms with Gasteiger partial charge in [-0.1, -0.05) is 0 Å². The highest BCUT2D eigenvalue weighted by atomic mass is 79.9. The first-order valence-corrected chi connectivity index (χ1v) is 6.67. The molecule has 2 heterocycles. The van der Waals surface area contributed by atoms with Crippen molar-refractivity contribution in [2.45, 2.75) is 0 Å². The molecule has 0 aliphatic rings. The van der Waals surface area contributed by atoms with Crippen molar-refractivity contribution in [2.24, 2.45) is 0 Å². The van der Waals surface area contributed by atoms with Crippen molar-refractivity contribution in [1.82, 2.24) is 4.98 Å². The highest BCUT2D eigenvalue weighted by Gasteiger charge is 2.15. The molecule has 1 amide bonds. The van der Waals surface area contributed by atoms with Crippen LogP contribution in [0.15, 0.2) is 34.2 Å². The van der Waals surface area contributed by atoms with E-state index in [2.05, 4.69) is 20.9 Å². The smallest absolute Gasteiger partial charge is 0.258 e. The van der Waals surface area contributed by atoms with E-state index in [1.807, 2.05) is 17.5 Å². The predicted molar refractivity (Wildman–Crippen MR) is 73.7 cm³/mol. The van der Waals surface area contributed by atoms with Crippen molar-refractivity contribution in [3.63, 3.8) is 0 Å². The second-order valence-corrected chi connectivity index (χ2v) is 5.31. The first-order valence-electron chi connectivity index (χ1n) is 5.00. The first-order chi connectivity index (χ1) is 8.61. The number of amides is 1. The molecule has 2 aromatic heterocycles. The molecule has 0 saturated heterocycles. The van der Waals surface area contributed by atoms with E-state index in [1.165, 1.54) is 23.6 Å². The number of pyridine rings is 1. The number of halogens is 1. The Bertz CT molecular complexity index is 632. The van der Waals surface area contributed by atoms with Crippen LogP contribution >= 0.6 is 27.3 Å². The molecule has 0 saturated carbocycles. The summed E-state index contributed by atoms with van der Waals surface area (Å²) in [6.45, 7) is 0. The lowest BCUT2D eigenvalue weighted by atomic mass is 10.2. The number of nitrogens with zero attached hydrogens (tertiary/aromatic N) is 3. The first kappa shape index (κ1) is 12.7. The van der Waals surface area contributed by atoms with Gasteiger partial charge in [0.25, 0.3) is 5.91 Å². The van der Waals surface area contributed by atoms with Gasteiger partial charge in [-0.05, 0) is 34.1 Å². The Morgan fingerprint density at radius 1 is 1.56 bits per heavy atom. The molecule has 0 bridgehead atoms. The van der Waals surface area contributed by atoms with E-state index in [0.717, 1.165) is 9.47 Å². The standard InChI is InChI=1S/C12H8BrN3OS/c1-16(11-5-9(13)7-18-11)12(17)8-2-3-15-10(4-8)6-14/h2-5,7H,1H3. The number of aromatic nitrogens is 1. The van der Waals surface area contributed by atoms with Crippen LogP contribution in [0, 0.1) is 11.3 Å². The summed E-state index contributed by atoms with van der Waals surface area (Å²) < 4.78 is 0.939. The highest BCUT2D eigenvalue weighted by Crippen LogP contribution is 2.28. The minimum atomic E-state index is -0.164. The summed E-state index contributed by atoms with van der Waals surface area (Å²) in [5.74, 6) is -0.164. The van der Waals surface area contributed by atoms with Crippen LogP contribution in [0.2, 0.25) is 0 Å². The predicted octanol–water partition coefficient (Wildman–Crippen LogP) is 3.05. The number of hydrogen-bond donors (Lipinski definition) is 0. The molecule has 0 aromatic carbocycles. The van der Waals surface area contributed by atoms with Gasteiger partial charge < -0.3 is 4.90 Å². The van der Waals surface area contributed by atoms with Crippen LogP contribution in [0.5, 0.6) is 0 Å². The maximum absolute atomic E-state index is 12.2. The minimum Gasteiger partial charge on any atom is -0.303 e. The number of rotatable bonds is 2. The number of carbonyl (C=O) groups excluding carboxylic acids is 1. The van der Waals surface area contributed by atoms with Gasteiger partial charge in [0.05, 0.1) is 5.00 Å². The van der Waals surface area contributed by atoms with Gasteiger partial charge in [-0.15, -0.1) is 11.3 Å². The SMILES string of the molecule is CN(C(=O)c1ccnc(C#N)c1)c1cc(Br)cs1. The van der Waals surface area contributed by atoms with Crippen LogP contribution in [-0.2, 0) is 0 Å². The average molecular weight is 322 g/mol. The number of nitriles is 1. The van der Waals surface area contributed by atoms with E-state index in [1.54, 1.807) is 18.0 Å². The van der Waals surface area contributed by atoms with Gasteiger partial charge in [-0.3, -0.25) is 4.79 Å². The van der Waals surface area contributed by atoms with Crippen LogP contribution in [0.1, 0.15) is 16.1 Å². The molecule has 0 N–H and O–H groups in total. The average Bonchev–Trinajstić information content (AvgIpc) is 2.83. The van der Waals surface area contributed by atoms with E-state index >= 15 is 0 Å². The third-order valence-electron chi connectivity index (χ3n) is 2.31. The van der Waals surface area contributed by atoms with Crippen molar-refractivity contribution in [2.75, 3.05) is 11.9 Å². The molecule has 0 unspecified atom stereocenters. The van der Waals surface area contributed by atoms with Crippen LogP contribution in [-0.4, -0.2) is 17.9 Å². The molecule has 0 atom stereocenters. The Hall–Kier alpha value is -1.71. The topological polar surface area (TPSA) is 57.0 Å². The van der Waals surface area contributed by atoms with Crippen LogP contribution in [0.4, 0.5) is 5.00 Å². The van der Waals surface area contributed by atoms with Crippen molar-refractivity contribution in [1.29, 1.82) is 5.26 Å². The van der Waals surface area contributed by atoms with Crippen molar-refractivity contribution < 1.29 is 4.79 Å². The third kappa shape index (κ3) is 2.58. The molecule has 90 valence electrons. The van der Waals surface area contributed by atoms with Gasteiger partial charge in [0.2, 0.25) is 0 Å². The van der Waals surface area contributed by atoms with Gasteiger partial charge in [0, 0.05) is 28.7 Å². The summed E-state index contributed by atoms with van der Waals surface area (Å²) in [4.78, 5) is 17.6. The van der Waals surface area contributed by atoms with Crippen molar-refractivity contribution in [3.8, 4) is 6.07 Å². The van der Waals surface area contributed by atoms with E-state index in [-0.39, 0.29) is 11.6 Å². The second kappa shape index (κ2) is 5.29. The van der Waals surface area contributed by atoms with Gasteiger partial charge in [0.1, 0.15) is 11.8 Å². The van der Waals surface area contributed by atoms with E-state index in [0.29, 0.717) is 5.56 Å². The van der Waals surface area contributed by atoms with Crippen LogP contribution in [0.3, 0.4) is 0 Å². The Kier molecular flexibility index (Phi) is 3.75. The fourth-order valence-corrected chi connectivity index (χ4v) is 2.78. The zero-order chi connectivity index (χ0) is 13.1. The normalized spacial score (nSPS) is 9.83. The lowest BCUT2D eigenvalue weighted by Gasteiger charge is -2.14. The summed E-state index contributed by atoms with van der Waals surface area (Å²) in [5.41, 5.74) is 0.690. The van der Waals surface area contributed by atoms with Gasteiger partial charge >= 0.3 is 0 Å². The molecule has 0 spiro atoms. The molecule has 6 heteroatoms. The van der Waals surface area contributed by atoms with Gasteiger partial charge in [0.15, 0.2) is 0 Å². The lowest BCUT2D eigenvalue weighted by Crippen LogP contribution is -2.25. The van der Waals surface area contributed by atoms with Crippen LogP contribution in [0.25, 0.3) is 0 Å². The van der Waals surface area contributed by atoms with E-state index < -0.39 is 0 Å². The van der Waals surface area contributed by atoms with E-state index in [9.17, 15) is 4.79 Å². The highest BCUT2D eigenvalue weighted by molar-refractivity contribution is 9.10. The Morgan fingerprint density at radius 2 is 2.33 bits per heavy atom. The maximum Gasteiger partial charge on any atom is 0.258 e. The Balaban J connectivity index is 2.28. The fourth-order valence-electron chi connectivity index (χ4n) is 1.40.